The Labute approximate surface area is 116 Å². The summed E-state index contributed by atoms with van der Waals surface area (Å²) in [6.45, 7) is 0. The molecule has 0 saturated carbocycles. The number of benzene rings is 2. The van der Waals surface area contributed by atoms with Crippen LogP contribution in [0.1, 0.15) is 11.1 Å². The minimum atomic E-state index is -0.173. The topological polar surface area (TPSA) is 49.3 Å². The molecule has 19 heavy (non-hydrogen) atoms. The number of amides is 1. The molecule has 0 aromatic heterocycles. The van der Waals surface area contributed by atoms with E-state index in [0.29, 0.717) is 17.1 Å². The van der Waals surface area contributed by atoms with Gasteiger partial charge in [0.15, 0.2) is 0 Å². The maximum absolute atomic E-state index is 11.9. The Morgan fingerprint density at radius 3 is 2.68 bits per heavy atom. The Balaban J connectivity index is 2.03. The van der Waals surface area contributed by atoms with E-state index in [9.17, 15) is 9.90 Å². The molecule has 0 heterocycles. The Kier molecular flexibility index (Phi) is 4.42. The predicted octanol–water partition coefficient (Wildman–Crippen LogP) is 3.31. The van der Waals surface area contributed by atoms with Crippen molar-refractivity contribution >= 4 is 23.2 Å². The lowest BCUT2D eigenvalue weighted by molar-refractivity contribution is -0.115. The largest absolute Gasteiger partial charge is 0.508 e. The van der Waals surface area contributed by atoms with Crippen molar-refractivity contribution < 1.29 is 9.90 Å². The normalized spacial score (nSPS) is 10.2. The van der Waals surface area contributed by atoms with Crippen LogP contribution in [0.2, 0.25) is 0 Å². The van der Waals surface area contributed by atoms with Crippen molar-refractivity contribution in [3.05, 3.63) is 59.7 Å². The number of carbonyl (C=O) groups is 1. The molecule has 0 atom stereocenters. The SMILES string of the molecule is O=C(Cc1ccccc1O)Nc1cccc(CCl)c1. The van der Waals surface area contributed by atoms with Gasteiger partial charge in [-0.15, -0.1) is 11.6 Å². The molecule has 2 aromatic rings. The van der Waals surface area contributed by atoms with Crippen molar-refractivity contribution in [2.45, 2.75) is 12.3 Å². The fourth-order valence-electron chi connectivity index (χ4n) is 1.77. The van der Waals surface area contributed by atoms with Crippen molar-refractivity contribution in [3.63, 3.8) is 0 Å². The van der Waals surface area contributed by atoms with Gasteiger partial charge in [0.1, 0.15) is 5.75 Å². The minimum absolute atomic E-state index is 0.132. The first-order valence-electron chi connectivity index (χ1n) is 5.90. The molecule has 0 saturated heterocycles. The number of para-hydroxylation sites is 1. The van der Waals surface area contributed by atoms with Gasteiger partial charge in [0.2, 0.25) is 5.91 Å². The fraction of sp³-hybridized carbons (Fsp3) is 0.133. The summed E-state index contributed by atoms with van der Waals surface area (Å²) in [5.74, 6) is 0.365. The van der Waals surface area contributed by atoms with Crippen molar-refractivity contribution in [3.8, 4) is 5.75 Å². The average molecular weight is 276 g/mol. The highest BCUT2D eigenvalue weighted by Gasteiger charge is 2.07. The van der Waals surface area contributed by atoms with Gasteiger partial charge in [0.25, 0.3) is 0 Å². The van der Waals surface area contributed by atoms with Gasteiger partial charge in [-0.1, -0.05) is 30.3 Å². The number of carbonyl (C=O) groups excluding carboxylic acids is 1. The number of anilines is 1. The molecule has 4 heteroatoms. The molecule has 0 fully saturated rings. The van der Waals surface area contributed by atoms with Gasteiger partial charge in [0.05, 0.1) is 6.42 Å². The lowest BCUT2D eigenvalue weighted by Gasteiger charge is -2.07. The smallest absolute Gasteiger partial charge is 0.228 e. The molecule has 0 spiro atoms. The monoisotopic (exact) mass is 275 g/mol. The van der Waals surface area contributed by atoms with Crippen LogP contribution in [0.4, 0.5) is 5.69 Å². The molecule has 2 aromatic carbocycles. The molecule has 2 rings (SSSR count). The number of phenols is 1. The van der Waals surface area contributed by atoms with Crippen molar-refractivity contribution in [2.24, 2.45) is 0 Å². The summed E-state index contributed by atoms with van der Waals surface area (Å²) in [5.41, 5.74) is 2.26. The van der Waals surface area contributed by atoms with Crippen LogP contribution in [0.15, 0.2) is 48.5 Å². The van der Waals surface area contributed by atoms with E-state index < -0.39 is 0 Å². The standard InChI is InChI=1S/C15H14ClNO2/c16-10-11-4-3-6-13(8-11)17-15(19)9-12-5-1-2-7-14(12)18/h1-8,18H,9-10H2,(H,17,19). The van der Waals surface area contributed by atoms with Crippen LogP contribution >= 0.6 is 11.6 Å². The Hall–Kier alpha value is -2.00. The van der Waals surface area contributed by atoms with Gasteiger partial charge >= 0.3 is 0 Å². The first-order valence-corrected chi connectivity index (χ1v) is 6.44. The average Bonchev–Trinajstić information content (AvgIpc) is 2.41. The lowest BCUT2D eigenvalue weighted by Crippen LogP contribution is -2.14. The minimum Gasteiger partial charge on any atom is -0.508 e. The van der Waals surface area contributed by atoms with E-state index in [0.717, 1.165) is 5.56 Å². The Bertz CT molecular complexity index is 584. The van der Waals surface area contributed by atoms with Crippen LogP contribution in [0.25, 0.3) is 0 Å². The molecular formula is C15H14ClNO2. The van der Waals surface area contributed by atoms with Crippen LogP contribution in [-0.4, -0.2) is 11.0 Å². The van der Waals surface area contributed by atoms with Crippen molar-refractivity contribution in [1.82, 2.24) is 0 Å². The van der Waals surface area contributed by atoms with Crippen LogP contribution in [-0.2, 0) is 17.1 Å². The van der Waals surface area contributed by atoms with E-state index in [1.54, 1.807) is 30.3 Å². The zero-order valence-corrected chi connectivity index (χ0v) is 11.0. The highest BCUT2D eigenvalue weighted by atomic mass is 35.5. The lowest BCUT2D eigenvalue weighted by atomic mass is 10.1. The predicted molar refractivity (Wildman–Crippen MR) is 76.4 cm³/mol. The van der Waals surface area contributed by atoms with Crippen molar-refractivity contribution in [2.75, 3.05) is 5.32 Å². The maximum Gasteiger partial charge on any atom is 0.228 e. The highest BCUT2D eigenvalue weighted by molar-refractivity contribution is 6.17. The van der Waals surface area contributed by atoms with Crippen molar-refractivity contribution in [1.29, 1.82) is 0 Å². The summed E-state index contributed by atoms with van der Waals surface area (Å²) in [5, 5.41) is 12.4. The third-order valence-corrected chi connectivity index (χ3v) is 3.02. The molecule has 3 nitrogen and oxygen atoms in total. The summed E-state index contributed by atoms with van der Waals surface area (Å²) in [7, 11) is 0. The van der Waals surface area contributed by atoms with E-state index in [4.69, 9.17) is 11.6 Å². The molecule has 2 N–H and O–H groups in total. The number of aromatic hydroxyl groups is 1. The number of nitrogens with one attached hydrogen (secondary N) is 1. The maximum atomic E-state index is 11.9. The summed E-state index contributed by atoms with van der Waals surface area (Å²) in [4.78, 5) is 11.9. The first-order chi connectivity index (χ1) is 9.19. The number of hydrogen-bond donors (Lipinski definition) is 2. The summed E-state index contributed by atoms with van der Waals surface area (Å²) in [6.07, 6.45) is 0.137. The second kappa shape index (κ2) is 6.25. The van der Waals surface area contributed by atoms with Gasteiger partial charge in [0, 0.05) is 17.1 Å². The second-order valence-corrected chi connectivity index (χ2v) is 4.45. The molecule has 98 valence electrons. The number of rotatable bonds is 4. The zero-order chi connectivity index (χ0) is 13.7. The molecule has 0 radical (unpaired) electrons. The second-order valence-electron chi connectivity index (χ2n) is 4.19. The summed E-state index contributed by atoms with van der Waals surface area (Å²) in [6, 6.07) is 14.2. The van der Waals surface area contributed by atoms with E-state index in [1.807, 2.05) is 18.2 Å². The quantitative estimate of drug-likeness (QED) is 0.841. The van der Waals surface area contributed by atoms with Crippen LogP contribution in [0.5, 0.6) is 5.75 Å². The van der Waals surface area contributed by atoms with E-state index in [-0.39, 0.29) is 18.1 Å². The number of alkyl halides is 1. The molecule has 0 aliphatic carbocycles. The number of hydrogen-bond acceptors (Lipinski definition) is 2. The van der Waals surface area contributed by atoms with Crippen LogP contribution < -0.4 is 5.32 Å². The Morgan fingerprint density at radius 1 is 1.16 bits per heavy atom. The Morgan fingerprint density at radius 2 is 1.95 bits per heavy atom. The third-order valence-electron chi connectivity index (χ3n) is 2.71. The van der Waals surface area contributed by atoms with Crippen LogP contribution in [0, 0.1) is 0 Å². The zero-order valence-electron chi connectivity index (χ0n) is 10.3. The van der Waals surface area contributed by atoms with Gasteiger partial charge in [-0.3, -0.25) is 4.79 Å². The number of halogens is 1. The first kappa shape index (κ1) is 13.4. The number of phenolic OH excluding ortho intramolecular Hbond substituents is 1. The third kappa shape index (κ3) is 3.73. The molecule has 0 bridgehead atoms. The van der Waals surface area contributed by atoms with E-state index in [1.165, 1.54) is 0 Å². The summed E-state index contributed by atoms with van der Waals surface area (Å²) >= 11 is 5.74. The molecule has 0 aliphatic heterocycles. The molecular weight excluding hydrogens is 262 g/mol. The molecule has 1 amide bonds. The molecule has 0 aliphatic rings. The van der Waals surface area contributed by atoms with Gasteiger partial charge in [-0.05, 0) is 23.8 Å². The van der Waals surface area contributed by atoms with Gasteiger partial charge in [-0.25, -0.2) is 0 Å². The highest BCUT2D eigenvalue weighted by Crippen LogP contribution is 2.17. The molecule has 0 unspecified atom stereocenters. The fourth-order valence-corrected chi connectivity index (χ4v) is 1.94. The van der Waals surface area contributed by atoms with Gasteiger partial charge in [-0.2, -0.15) is 0 Å². The summed E-state index contributed by atoms with van der Waals surface area (Å²) < 4.78 is 0. The van der Waals surface area contributed by atoms with Gasteiger partial charge < -0.3 is 10.4 Å². The van der Waals surface area contributed by atoms with E-state index in [2.05, 4.69) is 5.32 Å². The van der Waals surface area contributed by atoms with E-state index >= 15 is 0 Å². The van der Waals surface area contributed by atoms with Crippen LogP contribution in [0.3, 0.4) is 0 Å².